The highest BCUT2D eigenvalue weighted by Gasteiger charge is 2.01. The number of unbranched alkanes of at least 4 members (excludes halogenated alkanes) is 6. The zero-order valence-corrected chi connectivity index (χ0v) is 13.8. The van der Waals surface area contributed by atoms with Gasteiger partial charge in [-0.2, -0.15) is 0 Å². The van der Waals surface area contributed by atoms with Gasteiger partial charge >= 0.3 is 0 Å². The molecule has 1 atom stereocenters. The van der Waals surface area contributed by atoms with Crippen molar-refractivity contribution in [2.45, 2.75) is 97.6 Å². The van der Waals surface area contributed by atoms with Gasteiger partial charge in [-0.1, -0.05) is 59.3 Å². The molecule has 0 aliphatic rings. The van der Waals surface area contributed by atoms with E-state index in [0.29, 0.717) is 12.1 Å². The quantitative estimate of drug-likeness (QED) is 0.453. The molecule has 1 N–H and O–H groups in total. The van der Waals surface area contributed by atoms with Crippen LogP contribution in [0.25, 0.3) is 0 Å². The average molecular weight is 271 g/mol. The minimum Gasteiger partial charge on any atom is -0.379 e. The third-order valence-corrected chi connectivity index (χ3v) is 3.49. The Bertz CT molecular complexity index is 171. The van der Waals surface area contributed by atoms with Crippen molar-refractivity contribution in [1.29, 1.82) is 0 Å². The standard InChI is InChI=1S/C17H37NO/c1-5-6-7-10-13-17(4)19-15-12-9-8-11-14-18-16(2)3/h16-18H,5-15H2,1-4H3. The Balaban J connectivity index is 3.12. The first-order valence-electron chi connectivity index (χ1n) is 8.51. The topological polar surface area (TPSA) is 21.3 Å². The zero-order chi connectivity index (χ0) is 14.3. The van der Waals surface area contributed by atoms with Gasteiger partial charge in [0.05, 0.1) is 6.10 Å². The predicted octanol–water partition coefficient (Wildman–Crippen LogP) is 4.92. The van der Waals surface area contributed by atoms with Crippen molar-refractivity contribution >= 4 is 0 Å². The molecule has 0 bridgehead atoms. The minimum absolute atomic E-state index is 0.458. The molecule has 0 saturated heterocycles. The summed E-state index contributed by atoms with van der Waals surface area (Å²) < 4.78 is 5.85. The molecule has 0 heterocycles. The van der Waals surface area contributed by atoms with E-state index in [4.69, 9.17) is 4.74 Å². The molecule has 0 aliphatic heterocycles. The molecule has 116 valence electrons. The Hall–Kier alpha value is -0.0800. The average Bonchev–Trinajstić information content (AvgIpc) is 2.37. The van der Waals surface area contributed by atoms with E-state index in [-0.39, 0.29) is 0 Å². The fourth-order valence-electron chi connectivity index (χ4n) is 2.20. The second kappa shape index (κ2) is 14.3. The zero-order valence-electron chi connectivity index (χ0n) is 13.8. The molecule has 0 saturated carbocycles. The maximum atomic E-state index is 5.85. The van der Waals surface area contributed by atoms with Gasteiger partial charge in [0.1, 0.15) is 0 Å². The molecule has 2 heteroatoms. The molecule has 0 fully saturated rings. The summed E-state index contributed by atoms with van der Waals surface area (Å²) in [5, 5.41) is 3.46. The summed E-state index contributed by atoms with van der Waals surface area (Å²) in [6, 6.07) is 0.622. The highest BCUT2D eigenvalue weighted by atomic mass is 16.5. The molecule has 0 aromatic carbocycles. The van der Waals surface area contributed by atoms with Crippen LogP contribution in [-0.4, -0.2) is 25.3 Å². The number of nitrogens with one attached hydrogen (secondary N) is 1. The van der Waals surface area contributed by atoms with Crippen LogP contribution in [0.15, 0.2) is 0 Å². The molecule has 0 amide bonds. The monoisotopic (exact) mass is 271 g/mol. The van der Waals surface area contributed by atoms with Crippen LogP contribution in [0.3, 0.4) is 0 Å². The highest BCUT2D eigenvalue weighted by Crippen LogP contribution is 2.09. The molecular formula is C17H37NO. The van der Waals surface area contributed by atoms with E-state index in [1.165, 1.54) is 57.8 Å². The van der Waals surface area contributed by atoms with E-state index in [1.54, 1.807) is 0 Å². The molecule has 1 unspecified atom stereocenters. The van der Waals surface area contributed by atoms with Crippen LogP contribution in [0.2, 0.25) is 0 Å². The summed E-state index contributed by atoms with van der Waals surface area (Å²) in [5.74, 6) is 0. The van der Waals surface area contributed by atoms with Gasteiger partial charge in [0.2, 0.25) is 0 Å². The molecule has 0 aromatic rings. The van der Waals surface area contributed by atoms with Crippen molar-refractivity contribution in [3.8, 4) is 0 Å². The second-order valence-corrected chi connectivity index (χ2v) is 6.05. The first-order chi connectivity index (χ1) is 9.16. The van der Waals surface area contributed by atoms with Crippen LogP contribution in [0.4, 0.5) is 0 Å². The summed E-state index contributed by atoms with van der Waals surface area (Å²) in [6.45, 7) is 11.0. The van der Waals surface area contributed by atoms with Gasteiger partial charge in [0.25, 0.3) is 0 Å². The Morgan fingerprint density at radius 2 is 1.53 bits per heavy atom. The lowest BCUT2D eigenvalue weighted by atomic mass is 10.1. The van der Waals surface area contributed by atoms with Gasteiger partial charge < -0.3 is 10.1 Å². The van der Waals surface area contributed by atoms with E-state index in [9.17, 15) is 0 Å². The van der Waals surface area contributed by atoms with E-state index < -0.39 is 0 Å². The summed E-state index contributed by atoms with van der Waals surface area (Å²) in [5.41, 5.74) is 0. The van der Waals surface area contributed by atoms with E-state index >= 15 is 0 Å². The van der Waals surface area contributed by atoms with Crippen LogP contribution in [0, 0.1) is 0 Å². The SMILES string of the molecule is CCCCCCC(C)OCCCCCCNC(C)C. The van der Waals surface area contributed by atoms with E-state index in [2.05, 4.69) is 33.0 Å². The first kappa shape index (κ1) is 18.9. The van der Waals surface area contributed by atoms with E-state index in [0.717, 1.165) is 13.2 Å². The molecular weight excluding hydrogens is 234 g/mol. The van der Waals surface area contributed by atoms with Crippen molar-refractivity contribution in [3.63, 3.8) is 0 Å². The van der Waals surface area contributed by atoms with Crippen LogP contribution >= 0.6 is 0 Å². The van der Waals surface area contributed by atoms with Crippen molar-refractivity contribution in [2.75, 3.05) is 13.2 Å². The number of rotatable bonds is 14. The fourth-order valence-corrected chi connectivity index (χ4v) is 2.20. The fraction of sp³-hybridized carbons (Fsp3) is 1.00. The number of hydrogen-bond donors (Lipinski definition) is 1. The van der Waals surface area contributed by atoms with Gasteiger partial charge in [-0.3, -0.25) is 0 Å². The molecule has 0 radical (unpaired) electrons. The van der Waals surface area contributed by atoms with Crippen molar-refractivity contribution in [1.82, 2.24) is 5.32 Å². The van der Waals surface area contributed by atoms with Gasteiger partial charge in [-0.05, 0) is 32.7 Å². The second-order valence-electron chi connectivity index (χ2n) is 6.05. The Kier molecular flexibility index (Phi) is 14.3. The molecule has 0 rings (SSSR count). The van der Waals surface area contributed by atoms with Gasteiger partial charge in [-0.25, -0.2) is 0 Å². The van der Waals surface area contributed by atoms with Gasteiger partial charge in [-0.15, -0.1) is 0 Å². The number of hydrogen-bond acceptors (Lipinski definition) is 2. The first-order valence-corrected chi connectivity index (χ1v) is 8.51. The Morgan fingerprint density at radius 1 is 0.842 bits per heavy atom. The van der Waals surface area contributed by atoms with Crippen molar-refractivity contribution in [3.05, 3.63) is 0 Å². The van der Waals surface area contributed by atoms with Crippen molar-refractivity contribution in [2.24, 2.45) is 0 Å². The van der Waals surface area contributed by atoms with Crippen LogP contribution in [0.1, 0.15) is 85.5 Å². The van der Waals surface area contributed by atoms with Gasteiger partial charge in [0, 0.05) is 12.6 Å². The lowest BCUT2D eigenvalue weighted by Gasteiger charge is -2.13. The minimum atomic E-state index is 0.458. The summed E-state index contributed by atoms with van der Waals surface area (Å²) in [6.07, 6.45) is 12.2. The highest BCUT2D eigenvalue weighted by molar-refractivity contribution is 4.54. The Labute approximate surface area is 121 Å². The van der Waals surface area contributed by atoms with E-state index in [1.807, 2.05) is 0 Å². The molecule has 0 spiro atoms. The Morgan fingerprint density at radius 3 is 2.21 bits per heavy atom. The predicted molar refractivity (Wildman–Crippen MR) is 85.8 cm³/mol. The van der Waals surface area contributed by atoms with Crippen LogP contribution in [-0.2, 0) is 4.74 Å². The summed E-state index contributed by atoms with van der Waals surface area (Å²) >= 11 is 0. The maximum Gasteiger partial charge on any atom is 0.0547 e. The normalized spacial score (nSPS) is 13.1. The smallest absolute Gasteiger partial charge is 0.0547 e. The largest absolute Gasteiger partial charge is 0.379 e. The van der Waals surface area contributed by atoms with Crippen LogP contribution in [0.5, 0.6) is 0 Å². The molecule has 0 aromatic heterocycles. The maximum absolute atomic E-state index is 5.85. The van der Waals surface area contributed by atoms with Crippen LogP contribution < -0.4 is 5.32 Å². The molecule has 2 nitrogen and oxygen atoms in total. The third kappa shape index (κ3) is 15.9. The third-order valence-electron chi connectivity index (χ3n) is 3.49. The summed E-state index contributed by atoms with van der Waals surface area (Å²) in [4.78, 5) is 0. The van der Waals surface area contributed by atoms with Crippen molar-refractivity contribution < 1.29 is 4.74 Å². The van der Waals surface area contributed by atoms with Gasteiger partial charge in [0.15, 0.2) is 0 Å². The lowest BCUT2D eigenvalue weighted by Crippen LogP contribution is -2.23. The number of ether oxygens (including phenoxy) is 1. The molecule has 0 aliphatic carbocycles. The lowest BCUT2D eigenvalue weighted by molar-refractivity contribution is 0.0557. The molecule has 19 heavy (non-hydrogen) atoms. The summed E-state index contributed by atoms with van der Waals surface area (Å²) in [7, 11) is 0.